The molecule has 0 aliphatic carbocycles. The Morgan fingerprint density at radius 1 is 1.12 bits per heavy atom. The Morgan fingerprint density at radius 2 is 1.72 bits per heavy atom. The molecule has 2 saturated heterocycles. The van der Waals surface area contributed by atoms with Gasteiger partial charge < -0.3 is 14.7 Å². The average molecular weight is 366 g/mol. The molecule has 0 bridgehead atoms. The van der Waals surface area contributed by atoms with Crippen LogP contribution in [0.4, 0.5) is 4.79 Å². The Labute approximate surface area is 147 Å². The molecule has 0 spiro atoms. The second kappa shape index (κ2) is 6.29. The number of urea groups is 1. The van der Waals surface area contributed by atoms with Crippen LogP contribution in [-0.2, 0) is 9.84 Å². The zero-order valence-corrected chi connectivity index (χ0v) is 15.4. The van der Waals surface area contributed by atoms with Crippen molar-refractivity contribution in [1.29, 1.82) is 0 Å². The minimum absolute atomic E-state index is 0.104. The first-order chi connectivity index (χ1) is 11.7. The van der Waals surface area contributed by atoms with Gasteiger partial charge in [0, 0.05) is 39.1 Å². The van der Waals surface area contributed by atoms with E-state index in [9.17, 15) is 18.0 Å². The zero-order chi connectivity index (χ0) is 18.4. The maximum Gasteiger partial charge on any atom is 0.319 e. The van der Waals surface area contributed by atoms with Gasteiger partial charge in [0.15, 0.2) is 9.84 Å². The molecule has 2 fully saturated rings. The molecule has 8 nitrogen and oxygen atoms in total. The van der Waals surface area contributed by atoms with Crippen molar-refractivity contribution in [1.82, 2.24) is 19.7 Å². The molecular weight excluding hydrogens is 344 g/mol. The fourth-order valence-electron chi connectivity index (χ4n) is 3.46. The normalized spacial score (nSPS) is 24.8. The summed E-state index contributed by atoms with van der Waals surface area (Å²) in [6.07, 6.45) is 1.51. The third-order valence-corrected chi connectivity index (χ3v) is 6.42. The van der Waals surface area contributed by atoms with E-state index in [1.807, 2.05) is 6.92 Å². The Kier molecular flexibility index (Phi) is 4.44. The molecule has 2 atom stereocenters. The molecule has 0 N–H and O–H groups in total. The quantitative estimate of drug-likeness (QED) is 0.697. The summed E-state index contributed by atoms with van der Waals surface area (Å²) in [5.74, 6) is -0.455. The number of aryl methyl sites for hydroxylation is 1. The van der Waals surface area contributed by atoms with Crippen LogP contribution < -0.4 is 0 Å². The fraction of sp³-hybridized carbons (Fsp3) is 0.562. The number of pyridine rings is 1. The van der Waals surface area contributed by atoms with Crippen LogP contribution in [0.25, 0.3) is 0 Å². The maximum atomic E-state index is 12.9. The summed E-state index contributed by atoms with van der Waals surface area (Å²) in [5, 5.41) is 0. The van der Waals surface area contributed by atoms with Crippen LogP contribution >= 0.6 is 0 Å². The van der Waals surface area contributed by atoms with Gasteiger partial charge in [0.25, 0.3) is 5.91 Å². The monoisotopic (exact) mass is 366 g/mol. The largest absolute Gasteiger partial charge is 0.331 e. The predicted octanol–water partition coefficient (Wildman–Crippen LogP) is -0.00498. The van der Waals surface area contributed by atoms with Crippen molar-refractivity contribution in [3.63, 3.8) is 0 Å². The summed E-state index contributed by atoms with van der Waals surface area (Å²) < 4.78 is 24.4. The zero-order valence-electron chi connectivity index (χ0n) is 14.5. The molecule has 3 rings (SSSR count). The van der Waals surface area contributed by atoms with Gasteiger partial charge in [-0.2, -0.15) is 0 Å². The number of piperazine rings is 1. The summed E-state index contributed by atoms with van der Waals surface area (Å²) in [4.78, 5) is 34.0. The van der Waals surface area contributed by atoms with Gasteiger partial charge in [-0.05, 0) is 19.1 Å². The number of aromatic nitrogens is 1. The van der Waals surface area contributed by atoms with E-state index in [2.05, 4.69) is 4.98 Å². The molecule has 1 aromatic heterocycles. The van der Waals surface area contributed by atoms with Gasteiger partial charge in [0.05, 0.1) is 29.2 Å². The van der Waals surface area contributed by atoms with Gasteiger partial charge >= 0.3 is 6.03 Å². The van der Waals surface area contributed by atoms with Crippen LogP contribution in [0.3, 0.4) is 0 Å². The van der Waals surface area contributed by atoms with E-state index >= 15 is 0 Å². The number of fused-ring (bicyclic) bond motifs is 1. The molecule has 1 aromatic rings. The molecule has 25 heavy (non-hydrogen) atoms. The molecule has 9 heteroatoms. The fourth-order valence-corrected chi connectivity index (χ4v) is 5.44. The van der Waals surface area contributed by atoms with Gasteiger partial charge in [-0.25, -0.2) is 13.2 Å². The molecule has 0 unspecified atom stereocenters. The van der Waals surface area contributed by atoms with Crippen molar-refractivity contribution in [2.45, 2.75) is 19.0 Å². The van der Waals surface area contributed by atoms with Crippen LogP contribution in [0, 0.1) is 6.92 Å². The minimum atomic E-state index is -3.30. The average Bonchev–Trinajstić information content (AvgIpc) is 2.88. The number of carbonyl (C=O) groups is 2. The third-order valence-electron chi connectivity index (χ3n) is 4.72. The van der Waals surface area contributed by atoms with Gasteiger partial charge in [0.2, 0.25) is 0 Å². The summed E-state index contributed by atoms with van der Waals surface area (Å²) >= 11 is 0. The van der Waals surface area contributed by atoms with Gasteiger partial charge in [-0.3, -0.25) is 9.78 Å². The van der Waals surface area contributed by atoms with E-state index < -0.39 is 21.9 Å². The number of hydrogen-bond acceptors (Lipinski definition) is 5. The highest BCUT2D eigenvalue weighted by atomic mass is 32.2. The third kappa shape index (κ3) is 3.33. The molecule has 2 aliphatic rings. The first-order valence-electron chi connectivity index (χ1n) is 8.11. The van der Waals surface area contributed by atoms with Gasteiger partial charge in [0.1, 0.15) is 0 Å². The van der Waals surface area contributed by atoms with Crippen LogP contribution in [-0.4, -0.2) is 90.8 Å². The van der Waals surface area contributed by atoms with E-state index in [1.54, 1.807) is 36.0 Å². The SMILES string of the molecule is Cc1ccc(C(=O)N2CCN(C(=O)N(C)C)[C@@H]3CS(=O)(=O)C[C@@H]32)cn1. The van der Waals surface area contributed by atoms with Crippen LogP contribution in [0.5, 0.6) is 0 Å². The number of hydrogen-bond donors (Lipinski definition) is 0. The first kappa shape index (κ1) is 17.7. The van der Waals surface area contributed by atoms with Crippen molar-refractivity contribution < 1.29 is 18.0 Å². The van der Waals surface area contributed by atoms with Crippen molar-refractivity contribution in [2.24, 2.45) is 0 Å². The molecule has 2 aliphatic heterocycles. The molecule has 0 radical (unpaired) electrons. The lowest BCUT2D eigenvalue weighted by atomic mass is 10.0. The van der Waals surface area contributed by atoms with E-state index in [-0.39, 0.29) is 23.4 Å². The van der Waals surface area contributed by atoms with Gasteiger partial charge in [-0.1, -0.05) is 0 Å². The van der Waals surface area contributed by atoms with E-state index in [0.29, 0.717) is 18.7 Å². The molecule has 0 aromatic carbocycles. The maximum absolute atomic E-state index is 12.9. The standard InChI is InChI=1S/C16H22N4O4S/c1-11-4-5-12(8-17-11)15(21)19-6-7-20(16(22)18(2)3)14-10-25(23,24)9-13(14)19/h4-5,8,13-14H,6-7,9-10H2,1-3H3/t13-,14+/m0/s1. The van der Waals surface area contributed by atoms with E-state index in [0.717, 1.165) is 5.69 Å². The van der Waals surface area contributed by atoms with Crippen LogP contribution in [0.1, 0.15) is 16.1 Å². The molecule has 0 saturated carbocycles. The number of carbonyl (C=O) groups excluding carboxylic acids is 2. The first-order valence-corrected chi connectivity index (χ1v) is 9.94. The van der Waals surface area contributed by atoms with Crippen molar-refractivity contribution >= 4 is 21.8 Å². The molecule has 136 valence electrons. The van der Waals surface area contributed by atoms with Crippen molar-refractivity contribution in [3.05, 3.63) is 29.6 Å². The minimum Gasteiger partial charge on any atom is -0.331 e. The smallest absolute Gasteiger partial charge is 0.319 e. The second-order valence-corrected chi connectivity index (χ2v) is 8.92. The Balaban J connectivity index is 1.89. The highest BCUT2D eigenvalue weighted by Gasteiger charge is 2.49. The summed E-state index contributed by atoms with van der Waals surface area (Å²) in [6.45, 7) is 2.46. The summed E-state index contributed by atoms with van der Waals surface area (Å²) in [7, 11) is -0.0278. The van der Waals surface area contributed by atoms with E-state index in [1.165, 1.54) is 11.1 Å². The van der Waals surface area contributed by atoms with E-state index in [4.69, 9.17) is 0 Å². The lowest BCUT2D eigenvalue weighted by Crippen LogP contribution is -2.63. The Bertz CT molecular complexity index is 791. The lowest BCUT2D eigenvalue weighted by molar-refractivity contribution is 0.0393. The highest BCUT2D eigenvalue weighted by molar-refractivity contribution is 7.91. The Morgan fingerprint density at radius 3 is 2.28 bits per heavy atom. The molecule has 3 heterocycles. The summed E-state index contributed by atoms with van der Waals surface area (Å²) in [6, 6.07) is 2.20. The Hall–Kier alpha value is -2.16. The highest BCUT2D eigenvalue weighted by Crippen LogP contribution is 2.28. The second-order valence-electron chi connectivity index (χ2n) is 6.77. The van der Waals surface area contributed by atoms with Gasteiger partial charge in [-0.15, -0.1) is 0 Å². The number of amides is 3. The number of sulfone groups is 1. The number of rotatable bonds is 1. The van der Waals surface area contributed by atoms with Crippen molar-refractivity contribution in [3.8, 4) is 0 Å². The molecular formula is C16H22N4O4S. The lowest BCUT2D eigenvalue weighted by Gasteiger charge is -2.44. The summed E-state index contributed by atoms with van der Waals surface area (Å²) in [5.41, 5.74) is 1.24. The number of nitrogens with zero attached hydrogens (tertiary/aromatic N) is 4. The molecule has 3 amide bonds. The predicted molar refractivity (Wildman–Crippen MR) is 92.0 cm³/mol. The van der Waals surface area contributed by atoms with Crippen LogP contribution in [0.2, 0.25) is 0 Å². The van der Waals surface area contributed by atoms with Crippen LogP contribution in [0.15, 0.2) is 18.3 Å². The van der Waals surface area contributed by atoms with Crippen molar-refractivity contribution in [2.75, 3.05) is 38.7 Å². The topological polar surface area (TPSA) is 90.9 Å².